The number of hydrogen-bond donors (Lipinski definition) is 4. The van der Waals surface area contributed by atoms with Crippen molar-refractivity contribution in [2.45, 2.75) is 74.0 Å². The van der Waals surface area contributed by atoms with Crippen LogP contribution in [0.2, 0.25) is 0 Å². The number of aliphatic hydroxyl groups excluding tert-OH is 3. The number of epoxide rings is 1. The second-order valence-electron chi connectivity index (χ2n) is 10.1. The molecule has 0 unspecified atom stereocenters. The zero-order chi connectivity index (χ0) is 30.6. The van der Waals surface area contributed by atoms with E-state index < -0.39 is 45.0 Å². The van der Waals surface area contributed by atoms with Crippen molar-refractivity contribution in [2.75, 3.05) is 6.61 Å². The van der Waals surface area contributed by atoms with Crippen molar-refractivity contribution in [3.8, 4) is 0 Å². The second kappa shape index (κ2) is 14.1. The molecule has 0 bridgehead atoms. The Kier molecular flexibility index (Phi) is 11.6. The number of thiophene rings is 1. The number of amides is 1. The number of alkyl halides is 3. The van der Waals surface area contributed by atoms with Crippen LogP contribution in [0.1, 0.15) is 38.5 Å². The van der Waals surface area contributed by atoms with Crippen molar-refractivity contribution >= 4 is 69.5 Å². The van der Waals surface area contributed by atoms with E-state index in [0.717, 1.165) is 23.6 Å². The highest BCUT2D eigenvalue weighted by molar-refractivity contribution is 7.11. The first-order valence-corrected chi connectivity index (χ1v) is 14.6. The van der Waals surface area contributed by atoms with Gasteiger partial charge in [0, 0.05) is 30.2 Å². The summed E-state index contributed by atoms with van der Waals surface area (Å²) >= 11 is 17.5. The third kappa shape index (κ3) is 9.34. The number of nitrogens with one attached hydrogen (secondary N) is 1. The Morgan fingerprint density at radius 1 is 1.29 bits per heavy atom. The molecule has 16 heteroatoms. The van der Waals surface area contributed by atoms with Crippen molar-refractivity contribution in [3.63, 3.8) is 0 Å². The number of aliphatic hydroxyl groups is 3. The van der Waals surface area contributed by atoms with Crippen LogP contribution in [0.15, 0.2) is 29.3 Å². The first-order chi connectivity index (χ1) is 19.1. The Bertz CT molecular complexity index is 1180. The maximum atomic E-state index is 12.5. The lowest BCUT2D eigenvalue weighted by molar-refractivity contribution is -0.384. The lowest BCUT2D eigenvalue weighted by Crippen LogP contribution is -2.50. The topological polar surface area (TPSA) is 181 Å². The predicted octanol–water partition coefficient (Wildman–Crippen LogP) is 3.23. The number of ether oxygens (including phenoxy) is 3. The van der Waals surface area contributed by atoms with Crippen LogP contribution < -0.4 is 5.32 Å². The fraction of sp³-hybridized carbons (Fsp3) is 0.600. The van der Waals surface area contributed by atoms with Gasteiger partial charge in [-0.1, -0.05) is 47.3 Å². The van der Waals surface area contributed by atoms with E-state index >= 15 is 0 Å². The number of carbonyl (C=O) groups excluding carboxylic acids is 2. The van der Waals surface area contributed by atoms with Gasteiger partial charge >= 0.3 is 5.97 Å². The van der Waals surface area contributed by atoms with E-state index in [1.807, 2.05) is 6.92 Å². The number of hydrogen-bond acceptors (Lipinski definition) is 11. The summed E-state index contributed by atoms with van der Waals surface area (Å²) in [5.74, 6) is -2.62. The maximum Gasteiger partial charge on any atom is 0.364 e. The van der Waals surface area contributed by atoms with Crippen LogP contribution >= 0.6 is 46.1 Å². The van der Waals surface area contributed by atoms with Gasteiger partial charge in [0.25, 0.3) is 9.48 Å². The van der Waals surface area contributed by atoms with Gasteiger partial charge in [-0.25, -0.2) is 4.79 Å². The fourth-order valence-corrected chi connectivity index (χ4v) is 5.27. The molecule has 2 aliphatic rings. The molecule has 0 aromatic carbocycles. The van der Waals surface area contributed by atoms with Crippen LogP contribution in [0, 0.1) is 22.0 Å². The highest BCUT2D eigenvalue weighted by Gasteiger charge is 2.48. The molecule has 0 saturated carbocycles. The molecule has 2 saturated heterocycles. The normalized spacial score (nSPS) is 28.5. The SMILES string of the molecule is C/C(=C\C(=O)N/C=C(/OC(=O)C(Cl)(Cl)Cl)c1cc([N+](=O)[O-])cs1)C[C@@H]1OC[C@H](C[C@@H]2O[C@H]2[C@@H](C)[C@H](C)O)[C@@H](O)[C@H]1O. The molecule has 12 nitrogen and oxygen atoms in total. The Morgan fingerprint density at radius 2 is 1.98 bits per heavy atom. The smallest absolute Gasteiger partial charge is 0.364 e. The molecule has 3 rings (SSSR count). The van der Waals surface area contributed by atoms with Gasteiger partial charge in [0.2, 0.25) is 5.91 Å². The van der Waals surface area contributed by atoms with Crippen molar-refractivity contribution in [1.29, 1.82) is 0 Å². The Balaban J connectivity index is 1.59. The Morgan fingerprint density at radius 3 is 2.56 bits per heavy atom. The van der Waals surface area contributed by atoms with Gasteiger partial charge < -0.3 is 34.8 Å². The average molecular weight is 658 g/mol. The third-order valence-electron chi connectivity index (χ3n) is 6.89. The molecule has 8 atom stereocenters. The molecule has 41 heavy (non-hydrogen) atoms. The Hall–Kier alpha value is -1.81. The molecular formula is C25H31Cl3N2O10S. The van der Waals surface area contributed by atoms with Gasteiger partial charge in [-0.2, -0.15) is 0 Å². The largest absolute Gasteiger partial charge is 0.420 e. The minimum Gasteiger partial charge on any atom is -0.420 e. The summed E-state index contributed by atoms with van der Waals surface area (Å²) in [6.07, 6.45) is -0.928. The summed E-state index contributed by atoms with van der Waals surface area (Å²) < 4.78 is 14.1. The molecule has 3 heterocycles. The van der Waals surface area contributed by atoms with E-state index in [9.17, 15) is 35.0 Å². The predicted molar refractivity (Wildman–Crippen MR) is 151 cm³/mol. The summed E-state index contributed by atoms with van der Waals surface area (Å²) in [7, 11) is 0. The highest BCUT2D eigenvalue weighted by Crippen LogP contribution is 2.38. The zero-order valence-corrected chi connectivity index (χ0v) is 25.3. The van der Waals surface area contributed by atoms with Gasteiger partial charge in [-0.15, -0.1) is 11.3 Å². The summed E-state index contributed by atoms with van der Waals surface area (Å²) in [4.78, 5) is 35.1. The summed E-state index contributed by atoms with van der Waals surface area (Å²) in [6, 6.07) is 1.12. The average Bonchev–Trinajstić information content (AvgIpc) is 3.46. The van der Waals surface area contributed by atoms with E-state index in [0.29, 0.717) is 12.0 Å². The number of esters is 1. The van der Waals surface area contributed by atoms with Gasteiger partial charge in [-0.3, -0.25) is 14.9 Å². The first kappa shape index (κ1) is 33.7. The van der Waals surface area contributed by atoms with Crippen molar-refractivity contribution < 1.29 is 44.0 Å². The monoisotopic (exact) mass is 656 g/mol. The highest BCUT2D eigenvalue weighted by atomic mass is 35.6. The minimum atomic E-state index is -2.43. The van der Waals surface area contributed by atoms with E-state index in [1.165, 1.54) is 11.5 Å². The lowest BCUT2D eigenvalue weighted by Gasteiger charge is -2.38. The summed E-state index contributed by atoms with van der Waals surface area (Å²) in [5, 5.41) is 45.7. The van der Waals surface area contributed by atoms with E-state index in [4.69, 9.17) is 49.0 Å². The van der Waals surface area contributed by atoms with Crippen LogP contribution in [0.5, 0.6) is 0 Å². The van der Waals surface area contributed by atoms with E-state index in [1.54, 1.807) is 13.8 Å². The number of nitrogens with zero attached hydrogens (tertiary/aromatic N) is 1. The number of halogens is 3. The second-order valence-corrected chi connectivity index (χ2v) is 13.3. The first-order valence-electron chi connectivity index (χ1n) is 12.6. The van der Waals surface area contributed by atoms with Crippen molar-refractivity contribution in [3.05, 3.63) is 44.3 Å². The van der Waals surface area contributed by atoms with Crippen LogP contribution in [-0.4, -0.2) is 79.1 Å². The van der Waals surface area contributed by atoms with Crippen LogP contribution in [0.3, 0.4) is 0 Å². The van der Waals surface area contributed by atoms with Crippen LogP contribution in [-0.2, 0) is 23.8 Å². The lowest BCUT2D eigenvalue weighted by atomic mass is 9.85. The number of carbonyl (C=O) groups is 2. The standard InChI is InChI=1S/C25H31Cl3N2O10S/c1-11(4-16-22(34)21(33)14(9-38-16)6-17-23(39-17)12(2)13(3)31)5-20(32)29-8-18(40-24(35)25(26,27)28)19-7-15(10-41-19)30(36)37/h5,7-8,10,12-14,16-17,21-23,31,33-34H,4,6,9H2,1-3H3,(H,29,32)/b11-5+,18-8+/t12-,13-,14-,16-,17-,21+,22-,23-/m0/s1. The van der Waals surface area contributed by atoms with Crippen LogP contribution in [0.4, 0.5) is 5.69 Å². The molecule has 1 amide bonds. The minimum absolute atomic E-state index is 0.0467. The van der Waals surface area contributed by atoms with Crippen LogP contribution in [0.25, 0.3) is 5.76 Å². The molecule has 2 fully saturated rings. The van der Waals surface area contributed by atoms with E-state index in [2.05, 4.69) is 5.32 Å². The molecule has 1 aromatic heterocycles. The van der Waals surface area contributed by atoms with Gasteiger partial charge in [0.1, 0.15) is 6.10 Å². The zero-order valence-electron chi connectivity index (χ0n) is 22.2. The van der Waals surface area contributed by atoms with Gasteiger partial charge in [0.05, 0.1) is 52.3 Å². The molecule has 0 radical (unpaired) electrons. The quantitative estimate of drug-likeness (QED) is 0.0525. The maximum absolute atomic E-state index is 12.5. The third-order valence-corrected chi connectivity index (χ3v) is 8.29. The fourth-order valence-electron chi connectivity index (χ4n) is 4.35. The number of rotatable bonds is 11. The summed E-state index contributed by atoms with van der Waals surface area (Å²) in [6.45, 7) is 5.40. The molecule has 0 aliphatic carbocycles. The van der Waals surface area contributed by atoms with Crippen molar-refractivity contribution in [2.24, 2.45) is 11.8 Å². The van der Waals surface area contributed by atoms with Crippen molar-refractivity contribution in [1.82, 2.24) is 5.32 Å². The molecule has 1 aromatic rings. The molecule has 228 valence electrons. The van der Waals surface area contributed by atoms with E-state index in [-0.39, 0.29) is 53.4 Å². The summed E-state index contributed by atoms with van der Waals surface area (Å²) in [5.41, 5.74) is 0.241. The van der Waals surface area contributed by atoms with Gasteiger partial charge in [-0.05, 0) is 26.7 Å². The Labute approximate surface area is 255 Å². The molecular weight excluding hydrogens is 627 g/mol. The number of nitro groups is 1. The van der Waals surface area contributed by atoms with Gasteiger partial charge in [0.15, 0.2) is 5.76 Å². The molecule has 2 aliphatic heterocycles. The molecule has 0 spiro atoms. The molecule has 4 N–H and O–H groups in total.